The highest BCUT2D eigenvalue weighted by atomic mass is 32.2. The van der Waals surface area contributed by atoms with Crippen molar-refractivity contribution < 1.29 is 9.53 Å². The number of hydrogen-bond acceptors (Lipinski definition) is 7. The van der Waals surface area contributed by atoms with Crippen molar-refractivity contribution in [1.29, 1.82) is 0 Å². The van der Waals surface area contributed by atoms with E-state index in [0.717, 1.165) is 11.3 Å². The number of thioether (sulfide) groups is 1. The molecule has 0 aliphatic carbocycles. The Bertz CT molecular complexity index is 1120. The van der Waals surface area contributed by atoms with E-state index in [1.54, 1.807) is 48.8 Å². The number of ether oxygens (including phenoxy) is 1. The van der Waals surface area contributed by atoms with Gasteiger partial charge in [-0.05, 0) is 48.5 Å². The summed E-state index contributed by atoms with van der Waals surface area (Å²) in [6.07, 6.45) is 3.31. The highest BCUT2D eigenvalue weighted by molar-refractivity contribution is 7.99. The van der Waals surface area contributed by atoms with Gasteiger partial charge in [-0.15, -0.1) is 10.2 Å². The molecule has 2 aromatic heterocycles. The van der Waals surface area contributed by atoms with Crippen LogP contribution in [0.15, 0.2) is 84.3 Å². The molecule has 2 aromatic carbocycles. The smallest absolute Gasteiger partial charge is 0.234 e. The van der Waals surface area contributed by atoms with Crippen molar-refractivity contribution >= 4 is 23.4 Å². The predicted octanol–water partition coefficient (Wildman–Crippen LogP) is 3.58. The Morgan fingerprint density at radius 3 is 2.40 bits per heavy atom. The molecular formula is C21H18N6O2S. The molecule has 0 aliphatic rings. The molecule has 4 rings (SSSR count). The minimum Gasteiger partial charge on any atom is -0.457 e. The minimum atomic E-state index is -0.176. The first-order valence-corrected chi connectivity index (χ1v) is 10.0. The second-order valence-electron chi connectivity index (χ2n) is 6.19. The van der Waals surface area contributed by atoms with Gasteiger partial charge in [-0.2, -0.15) is 0 Å². The van der Waals surface area contributed by atoms with Crippen LogP contribution in [0.3, 0.4) is 0 Å². The van der Waals surface area contributed by atoms with Gasteiger partial charge in [-0.1, -0.05) is 30.0 Å². The van der Waals surface area contributed by atoms with Crippen molar-refractivity contribution in [3.8, 4) is 22.9 Å². The number of nitrogens with one attached hydrogen (secondary N) is 1. The second kappa shape index (κ2) is 9.10. The minimum absolute atomic E-state index is 0.147. The lowest BCUT2D eigenvalue weighted by molar-refractivity contribution is -0.113. The van der Waals surface area contributed by atoms with Crippen LogP contribution in [0, 0.1) is 0 Å². The van der Waals surface area contributed by atoms with Gasteiger partial charge >= 0.3 is 0 Å². The van der Waals surface area contributed by atoms with Crippen LogP contribution < -0.4 is 15.9 Å². The zero-order valence-electron chi connectivity index (χ0n) is 15.8. The Morgan fingerprint density at radius 2 is 1.67 bits per heavy atom. The maximum absolute atomic E-state index is 12.3. The molecule has 1 amide bonds. The molecule has 3 N–H and O–H groups in total. The largest absolute Gasteiger partial charge is 0.457 e. The molecule has 0 bridgehead atoms. The van der Waals surface area contributed by atoms with Crippen molar-refractivity contribution in [2.24, 2.45) is 0 Å². The van der Waals surface area contributed by atoms with Gasteiger partial charge in [-0.25, -0.2) is 4.68 Å². The fourth-order valence-corrected chi connectivity index (χ4v) is 3.29. The summed E-state index contributed by atoms with van der Waals surface area (Å²) in [5, 5.41) is 11.4. The van der Waals surface area contributed by atoms with Crippen molar-refractivity contribution in [3.63, 3.8) is 0 Å². The molecule has 0 radical (unpaired) electrons. The maximum atomic E-state index is 12.3. The Morgan fingerprint density at radius 1 is 0.967 bits per heavy atom. The van der Waals surface area contributed by atoms with Gasteiger partial charge in [0.1, 0.15) is 11.5 Å². The number of pyridine rings is 1. The summed E-state index contributed by atoms with van der Waals surface area (Å²) in [4.78, 5) is 16.2. The number of aromatic nitrogens is 4. The SMILES string of the molecule is Nn1c(SCC(=O)Nc2ccc(Oc3ccccc3)cc2)nnc1-c1ccncc1. The van der Waals surface area contributed by atoms with E-state index in [4.69, 9.17) is 10.6 Å². The number of rotatable bonds is 7. The van der Waals surface area contributed by atoms with E-state index in [2.05, 4.69) is 20.5 Å². The predicted molar refractivity (Wildman–Crippen MR) is 116 cm³/mol. The van der Waals surface area contributed by atoms with E-state index in [1.807, 2.05) is 30.3 Å². The first-order chi connectivity index (χ1) is 14.7. The number of hydrogen-bond donors (Lipinski definition) is 2. The average molecular weight is 418 g/mol. The van der Waals surface area contributed by atoms with Gasteiger partial charge in [0.05, 0.1) is 5.75 Å². The van der Waals surface area contributed by atoms with Crippen LogP contribution in [-0.2, 0) is 4.79 Å². The molecule has 8 nitrogen and oxygen atoms in total. The highest BCUT2D eigenvalue weighted by Gasteiger charge is 2.13. The summed E-state index contributed by atoms with van der Waals surface area (Å²) >= 11 is 1.21. The van der Waals surface area contributed by atoms with Crippen LogP contribution >= 0.6 is 11.8 Å². The third-order valence-electron chi connectivity index (χ3n) is 4.05. The quantitative estimate of drug-likeness (QED) is 0.349. The average Bonchev–Trinajstić information content (AvgIpc) is 3.15. The van der Waals surface area contributed by atoms with E-state index < -0.39 is 0 Å². The first-order valence-electron chi connectivity index (χ1n) is 9.05. The molecule has 30 heavy (non-hydrogen) atoms. The lowest BCUT2D eigenvalue weighted by Gasteiger charge is -2.08. The van der Waals surface area contributed by atoms with Crippen LogP contribution in [0.25, 0.3) is 11.4 Å². The normalized spacial score (nSPS) is 10.5. The molecule has 150 valence electrons. The number of para-hydroxylation sites is 1. The fourth-order valence-electron chi connectivity index (χ4n) is 2.63. The number of nitrogens with zero attached hydrogens (tertiary/aromatic N) is 4. The van der Waals surface area contributed by atoms with Crippen molar-refractivity contribution in [2.75, 3.05) is 16.9 Å². The lowest BCUT2D eigenvalue weighted by Crippen LogP contribution is -2.16. The monoisotopic (exact) mass is 418 g/mol. The van der Waals surface area contributed by atoms with Crippen molar-refractivity contribution in [2.45, 2.75) is 5.16 Å². The van der Waals surface area contributed by atoms with Crippen LogP contribution in [-0.4, -0.2) is 31.5 Å². The third kappa shape index (κ3) is 4.76. The molecule has 0 saturated carbocycles. The van der Waals surface area contributed by atoms with Gasteiger partial charge in [0.2, 0.25) is 11.1 Å². The summed E-state index contributed by atoms with van der Waals surface area (Å²) in [6, 6.07) is 20.2. The van der Waals surface area contributed by atoms with Crippen LogP contribution in [0.4, 0.5) is 5.69 Å². The maximum Gasteiger partial charge on any atom is 0.234 e. The summed E-state index contributed by atoms with van der Waals surface area (Å²) in [5.41, 5.74) is 1.47. The van der Waals surface area contributed by atoms with E-state index in [0.29, 0.717) is 22.4 Å². The Balaban J connectivity index is 1.31. The molecule has 4 aromatic rings. The van der Waals surface area contributed by atoms with Gasteiger partial charge in [0, 0.05) is 23.6 Å². The van der Waals surface area contributed by atoms with Crippen molar-refractivity contribution in [1.82, 2.24) is 19.9 Å². The molecule has 2 heterocycles. The number of amides is 1. The molecule has 0 saturated heterocycles. The number of carbonyl (C=O) groups excluding carboxylic acids is 1. The summed E-state index contributed by atoms with van der Waals surface area (Å²) in [6.45, 7) is 0. The molecular weight excluding hydrogens is 400 g/mol. The molecule has 0 unspecified atom stereocenters. The third-order valence-corrected chi connectivity index (χ3v) is 5.00. The van der Waals surface area contributed by atoms with E-state index in [1.165, 1.54) is 16.4 Å². The molecule has 0 atom stereocenters. The van der Waals surface area contributed by atoms with Gasteiger partial charge in [-0.3, -0.25) is 9.78 Å². The second-order valence-corrected chi connectivity index (χ2v) is 7.13. The highest BCUT2D eigenvalue weighted by Crippen LogP contribution is 2.24. The summed E-state index contributed by atoms with van der Waals surface area (Å²) < 4.78 is 7.11. The van der Waals surface area contributed by atoms with Gasteiger partial charge in [0.15, 0.2) is 5.82 Å². The number of nitrogen functional groups attached to an aromatic ring is 1. The number of benzene rings is 2. The first kappa shape index (κ1) is 19.5. The Hall–Kier alpha value is -3.85. The van der Waals surface area contributed by atoms with Crippen molar-refractivity contribution in [3.05, 3.63) is 79.1 Å². The van der Waals surface area contributed by atoms with E-state index in [9.17, 15) is 4.79 Å². The fraction of sp³-hybridized carbons (Fsp3) is 0.0476. The standard InChI is InChI=1S/C21H18N6O2S/c22-27-20(15-10-12-23-13-11-15)25-26-21(27)30-14-19(28)24-16-6-8-18(9-7-16)29-17-4-2-1-3-5-17/h1-13H,14,22H2,(H,24,28). The van der Waals surface area contributed by atoms with E-state index in [-0.39, 0.29) is 11.7 Å². The Labute approximate surface area is 177 Å². The van der Waals surface area contributed by atoms with Crippen LogP contribution in [0.5, 0.6) is 11.5 Å². The molecule has 0 spiro atoms. The van der Waals surface area contributed by atoms with E-state index >= 15 is 0 Å². The summed E-state index contributed by atoms with van der Waals surface area (Å²) in [5.74, 6) is 7.98. The van der Waals surface area contributed by atoms with Gasteiger partial charge < -0.3 is 15.9 Å². The van der Waals surface area contributed by atoms with Gasteiger partial charge in [0.25, 0.3) is 0 Å². The molecule has 9 heteroatoms. The zero-order chi connectivity index (χ0) is 20.8. The molecule has 0 aliphatic heterocycles. The molecule has 0 fully saturated rings. The zero-order valence-corrected chi connectivity index (χ0v) is 16.6. The topological polar surface area (TPSA) is 108 Å². The number of anilines is 1. The summed E-state index contributed by atoms with van der Waals surface area (Å²) in [7, 11) is 0. The Kier molecular flexibility index (Phi) is 5.90. The van der Waals surface area contributed by atoms with Crippen LogP contribution in [0.2, 0.25) is 0 Å². The lowest BCUT2D eigenvalue weighted by atomic mass is 10.2. The number of nitrogens with two attached hydrogens (primary N) is 1. The number of carbonyl (C=O) groups is 1. The van der Waals surface area contributed by atoms with Crippen LogP contribution in [0.1, 0.15) is 0 Å².